The average Bonchev–Trinajstić information content (AvgIpc) is 2.46. The first-order valence-corrected chi connectivity index (χ1v) is 6.71. The van der Waals surface area contributed by atoms with Gasteiger partial charge in [-0.05, 0) is 31.9 Å². The zero-order chi connectivity index (χ0) is 13.9. The Morgan fingerprint density at radius 1 is 1.42 bits per heavy atom. The second-order valence-electron chi connectivity index (χ2n) is 5.28. The van der Waals surface area contributed by atoms with Crippen LogP contribution in [-0.4, -0.2) is 43.7 Å². The molecule has 0 spiro atoms. The van der Waals surface area contributed by atoms with E-state index in [0.717, 1.165) is 30.6 Å². The van der Waals surface area contributed by atoms with Gasteiger partial charge in [-0.3, -0.25) is 4.79 Å². The number of ether oxygens (including phenoxy) is 1. The second-order valence-corrected chi connectivity index (χ2v) is 5.28. The number of hydrogen-bond acceptors (Lipinski definition) is 3. The molecule has 1 unspecified atom stereocenters. The molecule has 19 heavy (non-hydrogen) atoms. The third-order valence-corrected chi connectivity index (χ3v) is 3.87. The van der Waals surface area contributed by atoms with E-state index in [1.54, 1.807) is 7.11 Å². The van der Waals surface area contributed by atoms with Crippen molar-refractivity contribution in [3.63, 3.8) is 0 Å². The number of rotatable bonds is 3. The third kappa shape index (κ3) is 2.89. The number of amides is 1. The summed E-state index contributed by atoms with van der Waals surface area (Å²) in [5.41, 5.74) is 1.38. The monoisotopic (exact) mass is 262 g/mol. The number of methoxy groups -OCH3 is 1. The van der Waals surface area contributed by atoms with Crippen LogP contribution in [0.4, 0.5) is 5.69 Å². The van der Waals surface area contributed by atoms with Crippen molar-refractivity contribution in [3.8, 4) is 0 Å². The topological polar surface area (TPSA) is 41.6 Å². The van der Waals surface area contributed by atoms with Gasteiger partial charge in [-0.15, -0.1) is 0 Å². The van der Waals surface area contributed by atoms with E-state index in [2.05, 4.69) is 12.2 Å². The molecule has 1 atom stereocenters. The molecule has 1 fully saturated rings. The predicted molar refractivity (Wildman–Crippen MR) is 76.5 cm³/mol. The van der Waals surface area contributed by atoms with Gasteiger partial charge in [-0.25, -0.2) is 0 Å². The van der Waals surface area contributed by atoms with Gasteiger partial charge >= 0.3 is 0 Å². The molecule has 1 amide bonds. The summed E-state index contributed by atoms with van der Waals surface area (Å²) in [6.45, 7) is 3.52. The Bertz CT molecular complexity index is 461. The highest BCUT2D eigenvalue weighted by molar-refractivity contribution is 5.99. The zero-order valence-corrected chi connectivity index (χ0v) is 11.9. The van der Waals surface area contributed by atoms with Crippen molar-refractivity contribution in [2.24, 2.45) is 0 Å². The molecule has 1 aromatic rings. The number of benzene rings is 1. The van der Waals surface area contributed by atoms with E-state index in [9.17, 15) is 4.79 Å². The van der Waals surface area contributed by atoms with Crippen LogP contribution in [0.15, 0.2) is 24.3 Å². The molecule has 0 aromatic heterocycles. The smallest absolute Gasteiger partial charge is 0.256 e. The van der Waals surface area contributed by atoms with Gasteiger partial charge in [-0.2, -0.15) is 0 Å². The number of anilines is 1. The molecule has 104 valence electrons. The highest BCUT2D eigenvalue weighted by atomic mass is 16.5. The van der Waals surface area contributed by atoms with Crippen molar-refractivity contribution in [2.45, 2.75) is 25.4 Å². The predicted octanol–water partition coefficient (Wildman–Crippen LogP) is 2.37. The Hall–Kier alpha value is -1.55. The molecule has 0 radical (unpaired) electrons. The lowest BCUT2D eigenvalue weighted by atomic mass is 9.94. The number of hydrogen-bond donors (Lipinski definition) is 1. The minimum absolute atomic E-state index is 0.0768. The second kappa shape index (κ2) is 5.61. The molecular formula is C15H22N2O2. The molecule has 4 nitrogen and oxygen atoms in total. The van der Waals surface area contributed by atoms with Crippen LogP contribution in [0.2, 0.25) is 0 Å². The van der Waals surface area contributed by atoms with Gasteiger partial charge in [0, 0.05) is 32.9 Å². The number of nitrogens with zero attached hydrogens (tertiary/aromatic N) is 1. The molecule has 0 saturated carbocycles. The van der Waals surface area contributed by atoms with E-state index < -0.39 is 0 Å². The molecule has 1 aliphatic heterocycles. The van der Waals surface area contributed by atoms with Crippen LogP contribution < -0.4 is 5.32 Å². The fourth-order valence-electron chi connectivity index (χ4n) is 2.60. The quantitative estimate of drug-likeness (QED) is 0.909. The minimum atomic E-state index is -0.220. The largest absolute Gasteiger partial charge is 0.387 e. The molecule has 1 aromatic carbocycles. The number of nitrogens with one attached hydrogen (secondary N) is 1. The molecule has 1 N–H and O–H groups in total. The maximum atomic E-state index is 12.6. The number of piperidine rings is 1. The van der Waals surface area contributed by atoms with E-state index >= 15 is 0 Å². The van der Waals surface area contributed by atoms with Crippen LogP contribution in [-0.2, 0) is 4.74 Å². The Labute approximate surface area is 114 Å². The fourth-order valence-corrected chi connectivity index (χ4v) is 2.60. The molecular weight excluding hydrogens is 240 g/mol. The van der Waals surface area contributed by atoms with Crippen molar-refractivity contribution < 1.29 is 9.53 Å². The van der Waals surface area contributed by atoms with E-state index in [1.165, 1.54) is 0 Å². The summed E-state index contributed by atoms with van der Waals surface area (Å²) in [6, 6.07) is 7.62. The van der Waals surface area contributed by atoms with E-state index in [4.69, 9.17) is 4.74 Å². The van der Waals surface area contributed by atoms with Gasteiger partial charge in [0.15, 0.2) is 0 Å². The van der Waals surface area contributed by atoms with Gasteiger partial charge in [0.05, 0.1) is 11.2 Å². The highest BCUT2D eigenvalue weighted by Crippen LogP contribution is 2.26. The SMILES string of the molecule is CNc1ccccc1C(=O)N1CCCC(C)(OC)C1. The fraction of sp³-hybridized carbons (Fsp3) is 0.533. The summed E-state index contributed by atoms with van der Waals surface area (Å²) < 4.78 is 5.54. The lowest BCUT2D eigenvalue weighted by Gasteiger charge is -2.39. The summed E-state index contributed by atoms with van der Waals surface area (Å²) in [5, 5.41) is 3.07. The van der Waals surface area contributed by atoms with Gasteiger partial charge in [0.25, 0.3) is 5.91 Å². The van der Waals surface area contributed by atoms with Gasteiger partial charge in [0.1, 0.15) is 0 Å². The van der Waals surface area contributed by atoms with E-state index in [0.29, 0.717) is 6.54 Å². The molecule has 1 aliphatic rings. The van der Waals surface area contributed by atoms with E-state index in [-0.39, 0.29) is 11.5 Å². The first kappa shape index (κ1) is 13.9. The first-order valence-electron chi connectivity index (χ1n) is 6.71. The zero-order valence-electron chi connectivity index (χ0n) is 11.9. The molecule has 0 aliphatic carbocycles. The van der Waals surface area contributed by atoms with Crippen LogP contribution >= 0.6 is 0 Å². The summed E-state index contributed by atoms with van der Waals surface area (Å²) >= 11 is 0. The lowest BCUT2D eigenvalue weighted by Crippen LogP contribution is -2.49. The maximum Gasteiger partial charge on any atom is 0.256 e. The molecule has 2 rings (SSSR count). The Morgan fingerprint density at radius 2 is 2.16 bits per heavy atom. The van der Waals surface area contributed by atoms with Crippen LogP contribution in [0.25, 0.3) is 0 Å². The number of carbonyl (C=O) groups is 1. The maximum absolute atomic E-state index is 12.6. The summed E-state index contributed by atoms with van der Waals surface area (Å²) in [5.74, 6) is 0.0768. The van der Waals surface area contributed by atoms with Crippen LogP contribution in [0, 0.1) is 0 Å². The Balaban J connectivity index is 2.19. The van der Waals surface area contributed by atoms with Gasteiger partial charge in [0.2, 0.25) is 0 Å². The minimum Gasteiger partial charge on any atom is -0.387 e. The number of likely N-dealkylation sites (tertiary alicyclic amines) is 1. The van der Waals surface area contributed by atoms with Crippen LogP contribution in [0.3, 0.4) is 0 Å². The summed E-state index contributed by atoms with van der Waals surface area (Å²) in [4.78, 5) is 14.5. The van der Waals surface area contributed by atoms with Crippen LogP contribution in [0.5, 0.6) is 0 Å². The molecule has 1 heterocycles. The van der Waals surface area contributed by atoms with Crippen molar-refractivity contribution in [1.82, 2.24) is 4.90 Å². The lowest BCUT2D eigenvalue weighted by molar-refractivity contribution is -0.0439. The van der Waals surface area contributed by atoms with Crippen molar-refractivity contribution in [3.05, 3.63) is 29.8 Å². The highest BCUT2D eigenvalue weighted by Gasteiger charge is 2.33. The van der Waals surface area contributed by atoms with Crippen LogP contribution in [0.1, 0.15) is 30.1 Å². The van der Waals surface area contributed by atoms with Crippen molar-refractivity contribution >= 4 is 11.6 Å². The molecule has 1 saturated heterocycles. The number of carbonyl (C=O) groups excluding carboxylic acids is 1. The molecule has 0 bridgehead atoms. The number of para-hydroxylation sites is 1. The Morgan fingerprint density at radius 3 is 2.84 bits per heavy atom. The van der Waals surface area contributed by atoms with Crippen molar-refractivity contribution in [1.29, 1.82) is 0 Å². The van der Waals surface area contributed by atoms with Crippen molar-refractivity contribution in [2.75, 3.05) is 32.6 Å². The summed E-state index contributed by atoms with van der Waals surface area (Å²) in [7, 11) is 3.55. The Kier molecular flexibility index (Phi) is 4.10. The van der Waals surface area contributed by atoms with Gasteiger partial charge < -0.3 is 15.0 Å². The summed E-state index contributed by atoms with van der Waals surface area (Å²) in [6.07, 6.45) is 1.98. The van der Waals surface area contributed by atoms with E-state index in [1.807, 2.05) is 36.2 Å². The first-order chi connectivity index (χ1) is 9.09. The normalized spacial score (nSPS) is 23.2. The molecule has 4 heteroatoms. The standard InChI is InChI=1S/C15H22N2O2/c1-15(19-3)9-6-10-17(11-15)14(18)12-7-4-5-8-13(12)16-2/h4-5,7-8,16H,6,9-11H2,1-3H3. The average molecular weight is 262 g/mol. The van der Waals surface area contributed by atoms with Gasteiger partial charge in [-0.1, -0.05) is 12.1 Å². The third-order valence-electron chi connectivity index (χ3n) is 3.87.